The fourth-order valence-corrected chi connectivity index (χ4v) is 1.66. The number of rotatable bonds is 8. The summed E-state index contributed by atoms with van der Waals surface area (Å²) in [5.74, 6) is -0.571. The summed E-state index contributed by atoms with van der Waals surface area (Å²) in [6.45, 7) is 7.32. The third-order valence-corrected chi connectivity index (χ3v) is 2.82. The lowest BCUT2D eigenvalue weighted by Crippen LogP contribution is -2.21. The lowest BCUT2D eigenvalue weighted by Gasteiger charge is -2.09. The van der Waals surface area contributed by atoms with Crippen LogP contribution in [0.3, 0.4) is 0 Å². The number of carboxylic acid groups (broad SMARTS) is 1. The number of carbonyl (C=O) groups is 1. The molecule has 110 valence electrons. The monoisotopic (exact) mass is 285 g/mol. The molecule has 0 amide bonds. The van der Waals surface area contributed by atoms with Crippen LogP contribution in [0, 0.1) is 0 Å². The highest BCUT2D eigenvalue weighted by atomic mass is 16.5. The normalized spacial score (nSPS) is 12.9. The molecule has 1 atom stereocenters. The summed E-state index contributed by atoms with van der Waals surface area (Å²) in [5.41, 5.74) is 1.51. The van der Waals surface area contributed by atoms with E-state index in [4.69, 9.17) is 4.74 Å². The average molecular weight is 285 g/mol. The molecule has 0 aliphatic carbocycles. The Morgan fingerprint density at radius 3 is 2.62 bits per heavy atom. The first-order valence-corrected chi connectivity index (χ1v) is 6.44. The van der Waals surface area contributed by atoms with Gasteiger partial charge in [0, 0.05) is 18.2 Å². The van der Waals surface area contributed by atoms with Gasteiger partial charge in [-0.3, -0.25) is 4.99 Å². The van der Waals surface area contributed by atoms with Crippen LogP contribution in [0.4, 0.5) is 0 Å². The highest BCUT2D eigenvalue weighted by Crippen LogP contribution is 2.09. The topological polar surface area (TPSA) is 58.9 Å². The van der Waals surface area contributed by atoms with Gasteiger partial charge in [0.1, 0.15) is 5.76 Å². The molecule has 1 rings (SSSR count). The second-order valence-electron chi connectivity index (χ2n) is 4.31. The summed E-state index contributed by atoms with van der Waals surface area (Å²) >= 11 is 0. The van der Waals surface area contributed by atoms with Gasteiger partial charge in [-0.15, -0.1) is 0 Å². The van der Waals surface area contributed by atoms with Crippen LogP contribution in [0.25, 0.3) is 0 Å². The number of aliphatic imine (C=N–C) groups is 1. The number of benzene rings is 1. The van der Waals surface area contributed by atoms with Gasteiger partial charge in [-0.25, -0.2) is 4.79 Å². The van der Waals surface area contributed by atoms with E-state index in [9.17, 15) is 9.90 Å². The first kappa shape index (κ1) is 16.4. The molecule has 0 aromatic heterocycles. The molecule has 0 aliphatic heterocycles. The van der Waals surface area contributed by atoms with Gasteiger partial charge in [-0.05, 0) is 5.56 Å². The van der Waals surface area contributed by atoms with E-state index in [1.807, 2.05) is 30.3 Å². The van der Waals surface area contributed by atoms with Crippen LogP contribution in [-0.4, -0.2) is 30.4 Å². The Morgan fingerprint density at radius 2 is 2.10 bits per heavy atom. The van der Waals surface area contributed by atoms with E-state index in [-0.39, 0.29) is 0 Å². The Bertz CT molecular complexity index is 559. The Morgan fingerprint density at radius 1 is 1.43 bits per heavy atom. The third kappa shape index (κ3) is 5.48. The maximum Gasteiger partial charge on any atom is 0.328 e. The lowest BCUT2D eigenvalue weighted by molar-refractivity contribution is -0.138. The number of hydrogen-bond acceptors (Lipinski definition) is 3. The van der Waals surface area contributed by atoms with E-state index in [2.05, 4.69) is 18.2 Å². The number of allylic oxidation sites excluding steroid dienone is 3. The van der Waals surface area contributed by atoms with Crippen molar-refractivity contribution in [3.63, 3.8) is 0 Å². The molecule has 21 heavy (non-hydrogen) atoms. The molecule has 4 heteroatoms. The van der Waals surface area contributed by atoms with Crippen molar-refractivity contribution in [2.45, 2.75) is 12.5 Å². The van der Waals surface area contributed by atoms with Crippen molar-refractivity contribution in [3.8, 4) is 0 Å². The molecule has 1 aromatic rings. The Hall–Kier alpha value is -2.62. The largest absolute Gasteiger partial charge is 0.497 e. The van der Waals surface area contributed by atoms with Crippen LogP contribution in [0.5, 0.6) is 0 Å². The molecule has 1 N–H and O–H groups in total. The van der Waals surface area contributed by atoms with E-state index in [0.29, 0.717) is 17.8 Å². The predicted octanol–water partition coefficient (Wildman–Crippen LogP) is 3.03. The van der Waals surface area contributed by atoms with Crippen molar-refractivity contribution in [2.75, 3.05) is 7.11 Å². The van der Waals surface area contributed by atoms with Crippen LogP contribution in [-0.2, 0) is 16.0 Å². The second-order valence-corrected chi connectivity index (χ2v) is 4.31. The maximum absolute atomic E-state index is 11.3. The van der Waals surface area contributed by atoms with Crippen molar-refractivity contribution >= 4 is 12.2 Å². The summed E-state index contributed by atoms with van der Waals surface area (Å²) < 4.78 is 5.03. The van der Waals surface area contributed by atoms with Crippen LogP contribution in [0.1, 0.15) is 5.56 Å². The molecule has 0 saturated carbocycles. The first-order valence-electron chi connectivity index (χ1n) is 6.44. The summed E-state index contributed by atoms with van der Waals surface area (Å²) in [7, 11) is 1.49. The molecule has 0 spiro atoms. The van der Waals surface area contributed by atoms with E-state index in [1.54, 1.807) is 12.2 Å². The van der Waals surface area contributed by atoms with Gasteiger partial charge < -0.3 is 9.84 Å². The molecule has 0 bridgehead atoms. The number of ether oxygens (including phenoxy) is 1. The number of hydrogen-bond donors (Lipinski definition) is 1. The van der Waals surface area contributed by atoms with Crippen molar-refractivity contribution in [2.24, 2.45) is 4.99 Å². The standard InChI is InChI=1S/C17H19NO3/c1-4-8-15(13(2)21-3)12-18-16(17(19)20)11-14-9-6-5-7-10-14/h4-10,12,16H,1-2,11H2,3H3,(H,19,20)/b15-8-,18-12?. The van der Waals surface area contributed by atoms with Gasteiger partial charge in [0.15, 0.2) is 6.04 Å². The second kappa shape index (κ2) is 8.53. The smallest absolute Gasteiger partial charge is 0.328 e. The number of methoxy groups -OCH3 is 1. The first-order chi connectivity index (χ1) is 10.1. The number of carboxylic acids is 1. The quantitative estimate of drug-likeness (QED) is 0.454. The third-order valence-electron chi connectivity index (χ3n) is 2.82. The molecule has 4 nitrogen and oxygen atoms in total. The minimum atomic E-state index is -0.976. The SMILES string of the molecule is C=C/C=C(/C=NC(Cc1ccccc1)C(=O)O)C(=C)OC. The molecule has 0 fully saturated rings. The van der Waals surface area contributed by atoms with Crippen molar-refractivity contribution in [1.29, 1.82) is 0 Å². The Kier molecular flexibility index (Phi) is 6.68. The van der Waals surface area contributed by atoms with E-state index >= 15 is 0 Å². The summed E-state index contributed by atoms with van der Waals surface area (Å²) in [5, 5.41) is 9.27. The zero-order chi connectivity index (χ0) is 15.7. The molecule has 0 radical (unpaired) electrons. The Labute approximate surface area is 124 Å². The molecule has 0 saturated heterocycles. The summed E-state index contributed by atoms with van der Waals surface area (Å²) in [6, 6.07) is 8.52. The molecule has 0 aliphatic rings. The summed E-state index contributed by atoms with van der Waals surface area (Å²) in [6.07, 6.45) is 5.01. The highest BCUT2D eigenvalue weighted by Gasteiger charge is 2.16. The van der Waals surface area contributed by atoms with Gasteiger partial charge in [0.05, 0.1) is 7.11 Å². The van der Waals surface area contributed by atoms with Crippen LogP contribution < -0.4 is 0 Å². The Balaban J connectivity index is 2.89. The van der Waals surface area contributed by atoms with Crippen molar-refractivity contribution in [3.05, 3.63) is 72.5 Å². The lowest BCUT2D eigenvalue weighted by atomic mass is 10.1. The van der Waals surface area contributed by atoms with Gasteiger partial charge >= 0.3 is 5.97 Å². The van der Waals surface area contributed by atoms with Crippen molar-refractivity contribution < 1.29 is 14.6 Å². The minimum absolute atomic E-state index is 0.327. The van der Waals surface area contributed by atoms with E-state index in [1.165, 1.54) is 13.3 Å². The van der Waals surface area contributed by atoms with Gasteiger partial charge in [0.2, 0.25) is 0 Å². The van der Waals surface area contributed by atoms with E-state index < -0.39 is 12.0 Å². The highest BCUT2D eigenvalue weighted by molar-refractivity contribution is 5.86. The van der Waals surface area contributed by atoms with Gasteiger partial charge in [-0.1, -0.05) is 55.6 Å². The van der Waals surface area contributed by atoms with Gasteiger partial charge in [-0.2, -0.15) is 0 Å². The minimum Gasteiger partial charge on any atom is -0.497 e. The predicted molar refractivity (Wildman–Crippen MR) is 84.5 cm³/mol. The zero-order valence-electron chi connectivity index (χ0n) is 12.0. The van der Waals surface area contributed by atoms with E-state index in [0.717, 1.165) is 5.56 Å². The van der Waals surface area contributed by atoms with Crippen LogP contribution >= 0.6 is 0 Å². The molecule has 1 aromatic carbocycles. The number of nitrogens with zero attached hydrogens (tertiary/aromatic N) is 1. The molecule has 1 unspecified atom stereocenters. The zero-order valence-corrected chi connectivity index (χ0v) is 12.0. The van der Waals surface area contributed by atoms with Crippen LogP contribution in [0.15, 0.2) is 72.0 Å². The number of aliphatic carboxylic acids is 1. The summed E-state index contributed by atoms with van der Waals surface area (Å²) in [4.78, 5) is 15.4. The molecule has 0 heterocycles. The maximum atomic E-state index is 11.3. The molecular weight excluding hydrogens is 266 g/mol. The fourth-order valence-electron chi connectivity index (χ4n) is 1.66. The average Bonchev–Trinajstić information content (AvgIpc) is 2.50. The van der Waals surface area contributed by atoms with Gasteiger partial charge in [0.25, 0.3) is 0 Å². The van der Waals surface area contributed by atoms with Crippen molar-refractivity contribution in [1.82, 2.24) is 0 Å². The van der Waals surface area contributed by atoms with Crippen LogP contribution in [0.2, 0.25) is 0 Å². The molecular formula is C17H19NO3. The fraction of sp³-hybridized carbons (Fsp3) is 0.176.